The third kappa shape index (κ3) is 1.58. The smallest absolute Gasteiger partial charge is 0.323 e. The van der Waals surface area contributed by atoms with Crippen LogP contribution in [0.3, 0.4) is 0 Å². The highest BCUT2D eigenvalue weighted by Crippen LogP contribution is 2.15. The molecule has 0 spiro atoms. The molecule has 0 atom stereocenters. The fourth-order valence-corrected chi connectivity index (χ4v) is 0.870. The molecule has 0 aliphatic carbocycles. The maximum atomic E-state index is 11.1. The van der Waals surface area contributed by atoms with E-state index in [9.17, 15) is 4.79 Å². The monoisotopic (exact) mass is 168 g/mol. The van der Waals surface area contributed by atoms with Crippen molar-refractivity contribution in [2.24, 2.45) is 0 Å². The molecule has 0 radical (unpaired) electrons. The summed E-state index contributed by atoms with van der Waals surface area (Å²) in [5.41, 5.74) is 0. The number of nitrogens with zero attached hydrogens (tertiary/aromatic N) is 1. The highest BCUT2D eigenvalue weighted by atomic mass is 16.4. The van der Waals surface area contributed by atoms with Crippen LogP contribution >= 0.6 is 0 Å². The molecule has 4 nitrogen and oxygen atoms in total. The molecule has 0 saturated carbocycles. The van der Waals surface area contributed by atoms with Gasteiger partial charge in [-0.1, -0.05) is 0 Å². The van der Waals surface area contributed by atoms with Crippen LogP contribution in [-0.4, -0.2) is 20.1 Å². The fraction of sp³-hybridized carbons (Fsp3) is 0.375. The third-order valence-electron chi connectivity index (χ3n) is 1.58. The zero-order valence-corrected chi connectivity index (χ0v) is 7.42. The third-order valence-corrected chi connectivity index (χ3v) is 1.58. The minimum atomic E-state index is -0.190. The molecule has 0 aliphatic rings. The van der Waals surface area contributed by atoms with Crippen molar-refractivity contribution in [3.8, 4) is 0 Å². The maximum absolute atomic E-state index is 11.1. The second kappa shape index (κ2) is 3.30. The highest BCUT2D eigenvalue weighted by molar-refractivity contribution is 5.89. The van der Waals surface area contributed by atoms with Crippen LogP contribution in [-0.2, 0) is 0 Å². The van der Waals surface area contributed by atoms with Gasteiger partial charge in [0.1, 0.15) is 5.76 Å². The predicted octanol–water partition coefficient (Wildman–Crippen LogP) is 1.36. The first-order valence-corrected chi connectivity index (χ1v) is 3.67. The van der Waals surface area contributed by atoms with Crippen LogP contribution < -0.4 is 10.2 Å². The Bertz CT molecular complexity index is 280. The van der Waals surface area contributed by atoms with Crippen LogP contribution in [0.1, 0.15) is 5.76 Å². The molecule has 66 valence electrons. The number of anilines is 1. The van der Waals surface area contributed by atoms with E-state index in [2.05, 4.69) is 5.32 Å². The van der Waals surface area contributed by atoms with Gasteiger partial charge in [0.05, 0.1) is 0 Å². The Morgan fingerprint density at radius 2 is 2.25 bits per heavy atom. The Balaban J connectivity index is 2.77. The zero-order chi connectivity index (χ0) is 9.14. The van der Waals surface area contributed by atoms with Gasteiger partial charge in [-0.05, 0) is 13.0 Å². The van der Waals surface area contributed by atoms with E-state index in [0.717, 1.165) is 5.76 Å². The van der Waals surface area contributed by atoms with Crippen molar-refractivity contribution in [2.75, 3.05) is 19.0 Å². The first-order valence-electron chi connectivity index (χ1n) is 3.67. The molecule has 4 heteroatoms. The summed E-state index contributed by atoms with van der Waals surface area (Å²) in [5, 5.41) is 2.50. The number of hydrogen-bond acceptors (Lipinski definition) is 2. The van der Waals surface area contributed by atoms with E-state index < -0.39 is 0 Å². The van der Waals surface area contributed by atoms with E-state index >= 15 is 0 Å². The lowest BCUT2D eigenvalue weighted by atomic mass is 10.5. The van der Waals surface area contributed by atoms with Crippen LogP contribution in [0.2, 0.25) is 0 Å². The van der Waals surface area contributed by atoms with E-state index in [1.807, 2.05) is 13.0 Å². The fourth-order valence-electron chi connectivity index (χ4n) is 0.870. The number of hydrogen-bond donors (Lipinski definition) is 1. The van der Waals surface area contributed by atoms with Crippen molar-refractivity contribution in [1.82, 2.24) is 5.32 Å². The van der Waals surface area contributed by atoms with Crippen molar-refractivity contribution >= 4 is 11.9 Å². The SMILES string of the molecule is CNC(=O)N(C)c1ccc(C)o1. The number of aryl methyl sites for hydroxylation is 1. The summed E-state index contributed by atoms with van der Waals surface area (Å²) in [4.78, 5) is 12.5. The number of nitrogens with one attached hydrogen (secondary N) is 1. The molecule has 0 fully saturated rings. The molecule has 0 aromatic carbocycles. The second-order valence-electron chi connectivity index (χ2n) is 2.50. The quantitative estimate of drug-likeness (QED) is 0.688. The first-order chi connectivity index (χ1) is 5.65. The van der Waals surface area contributed by atoms with Crippen LogP contribution in [0.15, 0.2) is 16.5 Å². The summed E-state index contributed by atoms with van der Waals surface area (Å²) >= 11 is 0. The molecule has 1 aromatic heterocycles. The average Bonchev–Trinajstić information content (AvgIpc) is 2.49. The molecule has 1 N–H and O–H groups in total. The summed E-state index contributed by atoms with van der Waals surface area (Å²) in [5.74, 6) is 1.34. The standard InChI is InChI=1S/C8H12N2O2/c1-6-4-5-7(12-6)10(3)8(11)9-2/h4-5H,1-3H3,(H,9,11). The van der Waals surface area contributed by atoms with Crippen molar-refractivity contribution in [3.05, 3.63) is 17.9 Å². The summed E-state index contributed by atoms with van der Waals surface area (Å²) < 4.78 is 5.23. The van der Waals surface area contributed by atoms with Gasteiger partial charge in [0, 0.05) is 20.2 Å². The highest BCUT2D eigenvalue weighted by Gasteiger charge is 2.10. The number of carbonyl (C=O) groups excluding carboxylic acids is 1. The van der Waals surface area contributed by atoms with Crippen molar-refractivity contribution in [2.45, 2.75) is 6.92 Å². The molecule has 1 heterocycles. The van der Waals surface area contributed by atoms with Gasteiger partial charge in [-0.15, -0.1) is 0 Å². The lowest BCUT2D eigenvalue weighted by Crippen LogP contribution is -2.34. The molecular weight excluding hydrogens is 156 g/mol. The van der Waals surface area contributed by atoms with Gasteiger partial charge in [0.2, 0.25) is 5.88 Å². The Kier molecular flexibility index (Phi) is 2.38. The van der Waals surface area contributed by atoms with Crippen LogP contribution in [0.25, 0.3) is 0 Å². The first kappa shape index (κ1) is 8.64. The molecule has 12 heavy (non-hydrogen) atoms. The maximum Gasteiger partial charge on any atom is 0.323 e. The van der Waals surface area contributed by atoms with Crippen molar-refractivity contribution in [1.29, 1.82) is 0 Å². The number of urea groups is 1. The van der Waals surface area contributed by atoms with Crippen molar-refractivity contribution in [3.63, 3.8) is 0 Å². The number of amides is 2. The molecule has 2 amide bonds. The number of carbonyl (C=O) groups is 1. The van der Waals surface area contributed by atoms with Gasteiger partial charge in [-0.2, -0.15) is 0 Å². The van der Waals surface area contributed by atoms with Gasteiger partial charge in [-0.3, -0.25) is 4.90 Å². The van der Waals surface area contributed by atoms with Crippen LogP contribution in [0, 0.1) is 6.92 Å². The summed E-state index contributed by atoms with van der Waals surface area (Å²) in [6, 6.07) is 3.38. The Morgan fingerprint density at radius 1 is 1.58 bits per heavy atom. The normalized spacial score (nSPS) is 9.58. The molecule has 0 unspecified atom stereocenters. The number of furan rings is 1. The van der Waals surface area contributed by atoms with Gasteiger partial charge >= 0.3 is 6.03 Å². The summed E-state index contributed by atoms with van der Waals surface area (Å²) in [7, 11) is 3.23. The minimum absolute atomic E-state index is 0.190. The van der Waals surface area contributed by atoms with E-state index in [4.69, 9.17) is 4.42 Å². The second-order valence-corrected chi connectivity index (χ2v) is 2.50. The van der Waals surface area contributed by atoms with Crippen LogP contribution in [0.5, 0.6) is 0 Å². The molecular formula is C8H12N2O2. The van der Waals surface area contributed by atoms with E-state index in [1.54, 1.807) is 20.2 Å². The molecule has 1 aromatic rings. The molecule has 0 bridgehead atoms. The van der Waals surface area contributed by atoms with E-state index in [0.29, 0.717) is 5.88 Å². The molecule has 0 aliphatic heterocycles. The zero-order valence-electron chi connectivity index (χ0n) is 7.42. The van der Waals surface area contributed by atoms with E-state index in [1.165, 1.54) is 4.90 Å². The topological polar surface area (TPSA) is 45.5 Å². The summed E-state index contributed by atoms with van der Waals surface area (Å²) in [6.07, 6.45) is 0. The lowest BCUT2D eigenvalue weighted by Gasteiger charge is -2.12. The molecule has 1 rings (SSSR count). The Morgan fingerprint density at radius 3 is 2.67 bits per heavy atom. The van der Waals surface area contributed by atoms with Gasteiger partial charge in [0.15, 0.2) is 0 Å². The Labute approximate surface area is 71.2 Å². The van der Waals surface area contributed by atoms with Crippen molar-refractivity contribution < 1.29 is 9.21 Å². The lowest BCUT2D eigenvalue weighted by molar-refractivity contribution is 0.248. The van der Waals surface area contributed by atoms with Gasteiger partial charge < -0.3 is 9.73 Å². The average molecular weight is 168 g/mol. The Hall–Kier alpha value is -1.45. The minimum Gasteiger partial charge on any atom is -0.445 e. The largest absolute Gasteiger partial charge is 0.445 e. The predicted molar refractivity (Wildman–Crippen MR) is 46.3 cm³/mol. The van der Waals surface area contributed by atoms with E-state index in [-0.39, 0.29) is 6.03 Å². The molecule has 0 saturated heterocycles. The number of rotatable bonds is 1. The van der Waals surface area contributed by atoms with Gasteiger partial charge in [-0.25, -0.2) is 4.79 Å². The van der Waals surface area contributed by atoms with Gasteiger partial charge in [0.25, 0.3) is 0 Å². The van der Waals surface area contributed by atoms with Crippen LogP contribution in [0.4, 0.5) is 10.7 Å². The summed E-state index contributed by atoms with van der Waals surface area (Å²) in [6.45, 7) is 1.83.